The topological polar surface area (TPSA) is 26.0 Å². The molecule has 0 amide bonds. The zero-order valence-electron chi connectivity index (χ0n) is 7.36. The highest BCUT2D eigenvalue weighted by molar-refractivity contribution is 5.85. The number of hydrogen-bond donors (Lipinski definition) is 1. The van der Waals surface area contributed by atoms with E-state index in [4.69, 9.17) is 5.73 Å². The van der Waals surface area contributed by atoms with Crippen molar-refractivity contribution in [3.63, 3.8) is 0 Å². The highest BCUT2D eigenvalue weighted by atomic mass is 35.5. The van der Waals surface area contributed by atoms with Gasteiger partial charge in [-0.3, -0.25) is 0 Å². The van der Waals surface area contributed by atoms with Crippen molar-refractivity contribution in [3.8, 4) is 0 Å². The largest absolute Gasteiger partial charge is 0.330 e. The molecular weight excluding hydrogens is 170 g/mol. The van der Waals surface area contributed by atoms with Gasteiger partial charge in [-0.2, -0.15) is 0 Å². The van der Waals surface area contributed by atoms with E-state index in [1.165, 1.54) is 5.56 Å². The Morgan fingerprint density at radius 2 is 1.83 bits per heavy atom. The molecule has 1 atom stereocenters. The fourth-order valence-corrected chi connectivity index (χ4v) is 1.20. The molecule has 1 aromatic rings. The van der Waals surface area contributed by atoms with E-state index in [-0.39, 0.29) is 12.4 Å². The molecule has 2 N–H and O–H groups in total. The van der Waals surface area contributed by atoms with Gasteiger partial charge in [0.15, 0.2) is 0 Å². The van der Waals surface area contributed by atoms with Crippen molar-refractivity contribution in [2.24, 2.45) is 5.73 Å². The number of benzene rings is 1. The van der Waals surface area contributed by atoms with Crippen LogP contribution in [-0.4, -0.2) is 6.54 Å². The summed E-state index contributed by atoms with van der Waals surface area (Å²) in [4.78, 5) is 0. The monoisotopic (exact) mass is 185 g/mol. The van der Waals surface area contributed by atoms with Gasteiger partial charge < -0.3 is 5.73 Å². The third-order valence-corrected chi connectivity index (χ3v) is 1.97. The molecule has 68 valence electrons. The summed E-state index contributed by atoms with van der Waals surface area (Å²) in [6, 6.07) is 10.5. The molecule has 1 rings (SSSR count). The zero-order chi connectivity index (χ0) is 8.10. The Hall–Kier alpha value is -0.530. The first kappa shape index (κ1) is 11.5. The first-order chi connectivity index (χ1) is 5.34. The maximum atomic E-state index is 5.47. The van der Waals surface area contributed by atoms with Crippen LogP contribution in [0.4, 0.5) is 0 Å². The predicted octanol–water partition coefficient (Wildman–Crippen LogP) is 2.56. The van der Waals surface area contributed by atoms with Gasteiger partial charge in [-0.1, -0.05) is 37.3 Å². The first-order valence-corrected chi connectivity index (χ1v) is 4.09. The Labute approximate surface area is 80.4 Å². The van der Waals surface area contributed by atoms with Gasteiger partial charge in [0, 0.05) is 0 Å². The molecular formula is C10H16ClN. The second-order valence-electron chi connectivity index (χ2n) is 2.89. The van der Waals surface area contributed by atoms with Crippen LogP contribution in [0.2, 0.25) is 0 Å². The van der Waals surface area contributed by atoms with Crippen LogP contribution in [0.25, 0.3) is 0 Å². The van der Waals surface area contributed by atoms with Crippen molar-refractivity contribution in [1.82, 2.24) is 0 Å². The third-order valence-electron chi connectivity index (χ3n) is 1.97. The van der Waals surface area contributed by atoms with Gasteiger partial charge in [-0.25, -0.2) is 0 Å². The molecule has 1 unspecified atom stereocenters. The smallest absolute Gasteiger partial charge is 0.00715 e. The molecule has 12 heavy (non-hydrogen) atoms. The minimum atomic E-state index is 0. The maximum Gasteiger partial charge on any atom is -0.00715 e. The predicted molar refractivity (Wildman–Crippen MR) is 55.8 cm³/mol. The number of nitrogens with two attached hydrogens (primary N) is 1. The van der Waals surface area contributed by atoms with Crippen LogP contribution < -0.4 is 5.73 Å². The summed E-state index contributed by atoms with van der Waals surface area (Å²) in [5, 5.41) is 0. The average molecular weight is 186 g/mol. The maximum absolute atomic E-state index is 5.47. The summed E-state index contributed by atoms with van der Waals surface area (Å²) in [7, 11) is 0. The Bertz CT molecular complexity index is 198. The van der Waals surface area contributed by atoms with E-state index in [1.54, 1.807) is 0 Å². The van der Waals surface area contributed by atoms with Gasteiger partial charge >= 0.3 is 0 Å². The van der Waals surface area contributed by atoms with Gasteiger partial charge in [0.05, 0.1) is 0 Å². The Morgan fingerprint density at radius 3 is 2.33 bits per heavy atom. The zero-order valence-corrected chi connectivity index (χ0v) is 8.18. The van der Waals surface area contributed by atoms with Gasteiger partial charge in [0.2, 0.25) is 0 Å². The fraction of sp³-hybridized carbons (Fsp3) is 0.400. The first-order valence-electron chi connectivity index (χ1n) is 4.09. The lowest BCUT2D eigenvalue weighted by atomic mass is 9.98. The van der Waals surface area contributed by atoms with Crippen molar-refractivity contribution in [3.05, 3.63) is 35.9 Å². The molecule has 0 fully saturated rings. The summed E-state index contributed by atoms with van der Waals surface area (Å²) >= 11 is 0. The van der Waals surface area contributed by atoms with E-state index in [2.05, 4.69) is 31.2 Å². The summed E-state index contributed by atoms with van der Waals surface area (Å²) in [6.07, 6.45) is 1.07. The Balaban J connectivity index is 0.00000121. The van der Waals surface area contributed by atoms with Crippen LogP contribution in [0.5, 0.6) is 0 Å². The van der Waals surface area contributed by atoms with Crippen LogP contribution in [-0.2, 0) is 0 Å². The van der Waals surface area contributed by atoms with E-state index in [1.807, 2.05) is 6.07 Å². The highest BCUT2D eigenvalue weighted by Crippen LogP contribution is 2.16. The molecule has 0 aliphatic heterocycles. The van der Waals surface area contributed by atoms with Crippen LogP contribution >= 0.6 is 12.4 Å². The second-order valence-corrected chi connectivity index (χ2v) is 2.89. The van der Waals surface area contributed by atoms with Crippen molar-refractivity contribution in [2.75, 3.05) is 6.54 Å². The normalized spacial score (nSPS) is 11.8. The van der Waals surface area contributed by atoms with E-state index in [0.717, 1.165) is 13.0 Å². The standard InChI is InChI=1S/C10H15N.ClH/c1-9(7-8-11)10-5-3-2-4-6-10;/h2-6,9H,7-8,11H2,1H3;1H. The lowest BCUT2D eigenvalue weighted by Crippen LogP contribution is -2.04. The lowest BCUT2D eigenvalue weighted by molar-refractivity contribution is 0.690. The van der Waals surface area contributed by atoms with Gasteiger partial charge in [0.1, 0.15) is 0 Å². The fourth-order valence-electron chi connectivity index (χ4n) is 1.20. The second kappa shape index (κ2) is 6.04. The molecule has 2 heteroatoms. The van der Waals surface area contributed by atoms with Crippen molar-refractivity contribution >= 4 is 12.4 Å². The van der Waals surface area contributed by atoms with E-state index < -0.39 is 0 Å². The minimum Gasteiger partial charge on any atom is -0.330 e. The van der Waals surface area contributed by atoms with Gasteiger partial charge in [-0.05, 0) is 24.4 Å². The molecule has 0 spiro atoms. The van der Waals surface area contributed by atoms with Crippen LogP contribution in [0.15, 0.2) is 30.3 Å². The van der Waals surface area contributed by atoms with Gasteiger partial charge in [0.25, 0.3) is 0 Å². The Morgan fingerprint density at radius 1 is 1.25 bits per heavy atom. The molecule has 1 nitrogen and oxygen atoms in total. The summed E-state index contributed by atoms with van der Waals surface area (Å²) in [5.41, 5.74) is 6.85. The van der Waals surface area contributed by atoms with Crippen LogP contribution in [0.3, 0.4) is 0 Å². The van der Waals surface area contributed by atoms with E-state index in [0.29, 0.717) is 5.92 Å². The van der Waals surface area contributed by atoms with Crippen molar-refractivity contribution in [1.29, 1.82) is 0 Å². The molecule has 1 aromatic carbocycles. The summed E-state index contributed by atoms with van der Waals surface area (Å²) in [5.74, 6) is 0.598. The molecule has 0 aromatic heterocycles. The summed E-state index contributed by atoms with van der Waals surface area (Å²) in [6.45, 7) is 2.98. The van der Waals surface area contributed by atoms with Crippen LogP contribution in [0, 0.1) is 0 Å². The molecule has 0 bridgehead atoms. The number of hydrogen-bond acceptors (Lipinski definition) is 1. The lowest BCUT2D eigenvalue weighted by Gasteiger charge is -2.08. The SMILES string of the molecule is CC(CCN)c1ccccc1.Cl. The van der Waals surface area contributed by atoms with Crippen molar-refractivity contribution < 1.29 is 0 Å². The Kier molecular flexibility index (Phi) is 5.77. The summed E-state index contributed by atoms with van der Waals surface area (Å²) < 4.78 is 0. The van der Waals surface area contributed by atoms with E-state index in [9.17, 15) is 0 Å². The van der Waals surface area contributed by atoms with Gasteiger partial charge in [-0.15, -0.1) is 12.4 Å². The van der Waals surface area contributed by atoms with Crippen LogP contribution in [0.1, 0.15) is 24.8 Å². The van der Waals surface area contributed by atoms with Crippen molar-refractivity contribution in [2.45, 2.75) is 19.3 Å². The average Bonchev–Trinajstić information content (AvgIpc) is 2.07. The molecule has 0 radical (unpaired) electrons. The quantitative estimate of drug-likeness (QED) is 0.770. The molecule has 0 aliphatic rings. The minimum absolute atomic E-state index is 0. The molecule has 0 heterocycles. The molecule has 0 saturated heterocycles. The third kappa shape index (κ3) is 3.24. The number of rotatable bonds is 3. The molecule has 0 saturated carbocycles. The highest BCUT2D eigenvalue weighted by Gasteiger charge is 2.01. The number of halogens is 1. The molecule has 0 aliphatic carbocycles. The van der Waals surface area contributed by atoms with E-state index >= 15 is 0 Å².